The van der Waals surface area contributed by atoms with Gasteiger partial charge in [-0.2, -0.15) is 0 Å². The smallest absolute Gasteiger partial charge is 0.223 e. The van der Waals surface area contributed by atoms with Crippen molar-refractivity contribution in [3.8, 4) is 0 Å². The van der Waals surface area contributed by atoms with Gasteiger partial charge in [-0.25, -0.2) is 12.7 Å². The van der Waals surface area contributed by atoms with Crippen molar-refractivity contribution in [1.82, 2.24) is 9.62 Å². The molecule has 1 aliphatic heterocycles. The molecule has 0 aliphatic carbocycles. The predicted octanol–water partition coefficient (Wildman–Crippen LogP) is 3.72. The molecule has 0 unspecified atom stereocenters. The molecule has 29 heavy (non-hydrogen) atoms. The molecule has 5 nitrogen and oxygen atoms in total. The third kappa shape index (κ3) is 5.46. The van der Waals surface area contributed by atoms with Gasteiger partial charge in [0.05, 0.1) is 11.8 Å². The number of nitrogens with zero attached hydrogens (tertiary/aromatic N) is 1. The molecule has 2 aromatic rings. The van der Waals surface area contributed by atoms with Crippen LogP contribution in [0.1, 0.15) is 48.1 Å². The average molecular weight is 415 g/mol. The van der Waals surface area contributed by atoms with Crippen LogP contribution in [-0.2, 0) is 20.6 Å². The van der Waals surface area contributed by atoms with Crippen molar-refractivity contribution in [1.29, 1.82) is 0 Å². The summed E-state index contributed by atoms with van der Waals surface area (Å²) in [6.07, 6.45) is 1.11. The summed E-state index contributed by atoms with van der Waals surface area (Å²) >= 11 is 0. The largest absolute Gasteiger partial charge is 0.349 e. The van der Waals surface area contributed by atoms with Gasteiger partial charge in [0.15, 0.2) is 0 Å². The zero-order valence-corrected chi connectivity index (χ0v) is 18.2. The third-order valence-corrected chi connectivity index (χ3v) is 7.52. The Labute approximate surface area is 174 Å². The Bertz CT molecular complexity index is 949. The van der Waals surface area contributed by atoms with Crippen molar-refractivity contribution in [2.45, 2.75) is 45.4 Å². The van der Waals surface area contributed by atoms with Crippen LogP contribution in [0.2, 0.25) is 0 Å². The Hall–Kier alpha value is -2.18. The fraction of sp³-hybridized carbons (Fsp3) is 0.435. The molecule has 3 rings (SSSR count). The van der Waals surface area contributed by atoms with Crippen molar-refractivity contribution in [3.05, 3.63) is 70.8 Å². The molecule has 0 radical (unpaired) electrons. The van der Waals surface area contributed by atoms with Crippen LogP contribution in [0.3, 0.4) is 0 Å². The number of carbonyl (C=O) groups is 1. The topological polar surface area (TPSA) is 66.5 Å². The van der Waals surface area contributed by atoms with E-state index in [1.54, 1.807) is 0 Å². The van der Waals surface area contributed by atoms with Crippen molar-refractivity contribution in [3.63, 3.8) is 0 Å². The first-order valence-corrected chi connectivity index (χ1v) is 11.8. The minimum absolute atomic E-state index is 0.00831. The molecule has 1 aliphatic rings. The first-order chi connectivity index (χ1) is 13.8. The number of hydrogen-bond donors (Lipinski definition) is 1. The summed E-state index contributed by atoms with van der Waals surface area (Å²) in [4.78, 5) is 12.7. The minimum Gasteiger partial charge on any atom is -0.349 e. The molecule has 1 N–H and O–H groups in total. The summed E-state index contributed by atoms with van der Waals surface area (Å²) in [6.45, 7) is 6.88. The highest BCUT2D eigenvalue weighted by atomic mass is 32.2. The van der Waals surface area contributed by atoms with Gasteiger partial charge in [-0.1, -0.05) is 54.1 Å². The Morgan fingerprint density at radius 1 is 1.10 bits per heavy atom. The normalized spacial score (nSPS) is 17.1. The monoisotopic (exact) mass is 414 g/mol. The van der Waals surface area contributed by atoms with Crippen LogP contribution < -0.4 is 5.32 Å². The van der Waals surface area contributed by atoms with Gasteiger partial charge in [-0.05, 0) is 50.3 Å². The van der Waals surface area contributed by atoms with Gasteiger partial charge in [0.2, 0.25) is 15.9 Å². The molecular formula is C23H30N2O3S. The number of benzene rings is 2. The molecular weight excluding hydrogens is 384 g/mol. The first-order valence-electron chi connectivity index (χ1n) is 10.2. The molecule has 1 fully saturated rings. The molecule has 1 heterocycles. The highest BCUT2D eigenvalue weighted by Gasteiger charge is 2.31. The molecule has 1 saturated heterocycles. The van der Waals surface area contributed by atoms with E-state index in [2.05, 4.69) is 23.5 Å². The van der Waals surface area contributed by atoms with E-state index in [4.69, 9.17) is 0 Å². The maximum absolute atomic E-state index is 12.7. The van der Waals surface area contributed by atoms with Gasteiger partial charge in [-0.3, -0.25) is 4.79 Å². The van der Waals surface area contributed by atoms with E-state index in [0.29, 0.717) is 25.9 Å². The summed E-state index contributed by atoms with van der Waals surface area (Å²) in [5.74, 6) is -0.127. The molecule has 6 heteroatoms. The molecule has 1 atom stereocenters. The lowest BCUT2D eigenvalue weighted by atomic mass is 9.95. The van der Waals surface area contributed by atoms with Gasteiger partial charge in [-0.15, -0.1) is 0 Å². The van der Waals surface area contributed by atoms with E-state index >= 15 is 0 Å². The Kier molecular flexibility index (Phi) is 6.75. The van der Waals surface area contributed by atoms with E-state index in [9.17, 15) is 13.2 Å². The second-order valence-corrected chi connectivity index (χ2v) is 9.97. The van der Waals surface area contributed by atoms with Crippen molar-refractivity contribution in [2.24, 2.45) is 5.92 Å². The van der Waals surface area contributed by atoms with Gasteiger partial charge in [0, 0.05) is 19.0 Å². The van der Waals surface area contributed by atoms with E-state index < -0.39 is 10.0 Å². The van der Waals surface area contributed by atoms with Crippen molar-refractivity contribution >= 4 is 15.9 Å². The molecule has 1 amide bonds. The van der Waals surface area contributed by atoms with E-state index in [1.807, 2.05) is 51.1 Å². The van der Waals surface area contributed by atoms with Gasteiger partial charge in [0.25, 0.3) is 0 Å². The number of sulfonamides is 1. The summed E-state index contributed by atoms with van der Waals surface area (Å²) < 4.78 is 26.9. The van der Waals surface area contributed by atoms with Crippen molar-refractivity contribution < 1.29 is 13.2 Å². The van der Waals surface area contributed by atoms with Crippen LogP contribution in [0.5, 0.6) is 0 Å². The summed E-state index contributed by atoms with van der Waals surface area (Å²) in [5.41, 5.74) is 4.24. The zero-order valence-electron chi connectivity index (χ0n) is 17.4. The maximum Gasteiger partial charge on any atom is 0.223 e. The highest BCUT2D eigenvalue weighted by molar-refractivity contribution is 7.88. The second-order valence-electron chi connectivity index (χ2n) is 8.01. The van der Waals surface area contributed by atoms with Gasteiger partial charge in [0.1, 0.15) is 0 Å². The SMILES string of the molecule is Cc1ccc(C)c([C@H](C)NC(=O)C2CCN(S(=O)(=O)Cc3ccccc3)CC2)c1. The lowest BCUT2D eigenvalue weighted by Crippen LogP contribution is -2.43. The Balaban J connectivity index is 1.56. The van der Waals surface area contributed by atoms with Crippen LogP contribution in [0.4, 0.5) is 0 Å². The molecule has 0 spiro atoms. The third-order valence-electron chi connectivity index (χ3n) is 5.67. The lowest BCUT2D eigenvalue weighted by molar-refractivity contribution is -0.126. The van der Waals surface area contributed by atoms with Crippen LogP contribution >= 0.6 is 0 Å². The molecule has 0 saturated carbocycles. The van der Waals surface area contributed by atoms with Crippen LogP contribution in [0, 0.1) is 19.8 Å². The first kappa shape index (κ1) is 21.5. The van der Waals surface area contributed by atoms with E-state index in [0.717, 1.165) is 16.7 Å². The van der Waals surface area contributed by atoms with Crippen LogP contribution in [0.25, 0.3) is 0 Å². The molecule has 2 aromatic carbocycles. The molecule has 156 valence electrons. The van der Waals surface area contributed by atoms with Gasteiger partial charge < -0.3 is 5.32 Å². The molecule has 0 bridgehead atoms. The lowest BCUT2D eigenvalue weighted by Gasteiger charge is -2.31. The fourth-order valence-corrected chi connectivity index (χ4v) is 5.47. The maximum atomic E-state index is 12.7. The number of hydrogen-bond acceptors (Lipinski definition) is 3. The number of piperidine rings is 1. The van der Waals surface area contributed by atoms with E-state index in [1.165, 1.54) is 9.87 Å². The van der Waals surface area contributed by atoms with Gasteiger partial charge >= 0.3 is 0 Å². The minimum atomic E-state index is -3.36. The summed E-state index contributed by atoms with van der Waals surface area (Å²) in [5, 5.41) is 3.12. The van der Waals surface area contributed by atoms with Crippen LogP contribution in [-0.4, -0.2) is 31.7 Å². The van der Waals surface area contributed by atoms with Crippen LogP contribution in [0.15, 0.2) is 48.5 Å². The Morgan fingerprint density at radius 2 is 1.76 bits per heavy atom. The average Bonchev–Trinajstić information content (AvgIpc) is 2.70. The zero-order chi connectivity index (χ0) is 21.0. The number of rotatable bonds is 6. The number of amides is 1. The van der Waals surface area contributed by atoms with E-state index in [-0.39, 0.29) is 23.6 Å². The fourth-order valence-electron chi connectivity index (χ4n) is 3.91. The predicted molar refractivity (Wildman–Crippen MR) is 116 cm³/mol. The number of nitrogens with one attached hydrogen (secondary N) is 1. The van der Waals surface area contributed by atoms with Crippen molar-refractivity contribution in [2.75, 3.05) is 13.1 Å². The number of carbonyl (C=O) groups excluding carboxylic acids is 1. The number of aryl methyl sites for hydroxylation is 2. The quantitative estimate of drug-likeness (QED) is 0.783. The summed E-state index contributed by atoms with van der Waals surface area (Å²) in [6, 6.07) is 15.4. The Morgan fingerprint density at radius 3 is 2.41 bits per heavy atom. The summed E-state index contributed by atoms with van der Waals surface area (Å²) in [7, 11) is -3.36. The second kappa shape index (κ2) is 9.09. The standard InChI is InChI=1S/C23H30N2O3S/c1-17-9-10-18(2)22(15-17)19(3)24-23(26)21-11-13-25(14-12-21)29(27,28)16-20-7-5-4-6-8-20/h4-10,15,19,21H,11-14,16H2,1-3H3,(H,24,26)/t19-/m0/s1. The highest BCUT2D eigenvalue weighted by Crippen LogP contribution is 2.24. The molecule has 0 aromatic heterocycles.